The lowest BCUT2D eigenvalue weighted by Crippen LogP contribution is -2.56. The fourth-order valence-electron chi connectivity index (χ4n) is 2.14. The highest BCUT2D eigenvalue weighted by Crippen LogP contribution is 2.24. The largest absolute Gasteiger partial charge is 0.471 e. The van der Waals surface area contributed by atoms with Crippen molar-refractivity contribution in [3.8, 4) is 5.88 Å². The molecule has 7 heteroatoms. The molecule has 0 atom stereocenters. The van der Waals surface area contributed by atoms with Crippen molar-refractivity contribution >= 4 is 29.1 Å². The fraction of sp³-hybridized carbons (Fsp3) is 0.200. The van der Waals surface area contributed by atoms with Crippen LogP contribution >= 0.6 is 23.2 Å². The van der Waals surface area contributed by atoms with Crippen molar-refractivity contribution in [1.29, 1.82) is 0 Å². The van der Waals surface area contributed by atoms with Crippen molar-refractivity contribution in [2.45, 2.75) is 6.10 Å². The SMILES string of the molecule is O=C(c1c(F)cccc1Cl)N1CC(Oc2ccc(Cl)cn2)C1. The normalized spacial score (nSPS) is 14.6. The van der Waals surface area contributed by atoms with Gasteiger partial charge in [0, 0.05) is 12.3 Å². The van der Waals surface area contributed by atoms with Crippen molar-refractivity contribution in [3.05, 3.63) is 58.0 Å². The third-order valence-corrected chi connectivity index (χ3v) is 3.84. The number of aromatic nitrogens is 1. The quantitative estimate of drug-likeness (QED) is 0.859. The molecule has 1 aliphatic heterocycles. The van der Waals surface area contributed by atoms with E-state index in [1.807, 2.05) is 0 Å². The van der Waals surface area contributed by atoms with Crippen LogP contribution in [-0.4, -0.2) is 35.0 Å². The zero-order valence-electron chi connectivity index (χ0n) is 11.3. The molecule has 1 aromatic carbocycles. The number of rotatable bonds is 3. The number of hydrogen-bond acceptors (Lipinski definition) is 3. The average Bonchev–Trinajstić information content (AvgIpc) is 2.44. The molecular weight excluding hydrogens is 330 g/mol. The summed E-state index contributed by atoms with van der Waals surface area (Å²) in [5.74, 6) is -0.626. The Bertz CT molecular complexity index is 683. The molecule has 114 valence electrons. The van der Waals surface area contributed by atoms with Gasteiger partial charge in [0.2, 0.25) is 5.88 Å². The molecule has 0 saturated carbocycles. The first-order valence-electron chi connectivity index (χ1n) is 6.56. The Labute approximate surface area is 136 Å². The Morgan fingerprint density at radius 3 is 2.68 bits per heavy atom. The van der Waals surface area contributed by atoms with E-state index in [0.29, 0.717) is 24.0 Å². The first-order valence-corrected chi connectivity index (χ1v) is 7.31. The van der Waals surface area contributed by atoms with Crippen LogP contribution in [0, 0.1) is 5.82 Å². The second-order valence-electron chi connectivity index (χ2n) is 4.86. The average molecular weight is 341 g/mol. The van der Waals surface area contributed by atoms with Gasteiger partial charge in [-0.3, -0.25) is 4.79 Å². The van der Waals surface area contributed by atoms with Crippen LogP contribution in [0.15, 0.2) is 36.5 Å². The number of pyridine rings is 1. The minimum Gasteiger partial charge on any atom is -0.471 e. The van der Waals surface area contributed by atoms with E-state index in [2.05, 4.69) is 4.98 Å². The van der Waals surface area contributed by atoms with E-state index in [1.165, 1.54) is 29.3 Å². The van der Waals surface area contributed by atoms with Crippen LogP contribution in [0.5, 0.6) is 5.88 Å². The van der Waals surface area contributed by atoms with E-state index in [4.69, 9.17) is 27.9 Å². The lowest BCUT2D eigenvalue weighted by Gasteiger charge is -2.38. The number of nitrogens with zero attached hydrogens (tertiary/aromatic N) is 2. The summed E-state index contributed by atoms with van der Waals surface area (Å²) in [5.41, 5.74) is -0.104. The maximum atomic E-state index is 13.7. The van der Waals surface area contributed by atoms with E-state index >= 15 is 0 Å². The molecule has 0 unspecified atom stereocenters. The van der Waals surface area contributed by atoms with Crippen molar-refractivity contribution in [2.24, 2.45) is 0 Å². The lowest BCUT2D eigenvalue weighted by atomic mass is 10.1. The van der Waals surface area contributed by atoms with Crippen molar-refractivity contribution in [1.82, 2.24) is 9.88 Å². The van der Waals surface area contributed by atoms with Crippen LogP contribution in [0.1, 0.15) is 10.4 Å². The summed E-state index contributed by atoms with van der Waals surface area (Å²) in [6, 6.07) is 7.49. The molecule has 0 spiro atoms. The number of halogens is 3. The van der Waals surface area contributed by atoms with Gasteiger partial charge in [-0.15, -0.1) is 0 Å². The standard InChI is InChI=1S/C15H11Cl2FN2O2/c16-9-4-5-13(19-6-9)22-10-7-20(8-10)15(21)14-11(17)2-1-3-12(14)18/h1-6,10H,7-8H2. The highest BCUT2D eigenvalue weighted by atomic mass is 35.5. The van der Waals surface area contributed by atoms with Gasteiger partial charge in [0.25, 0.3) is 5.91 Å². The molecule has 22 heavy (non-hydrogen) atoms. The minimum atomic E-state index is -0.624. The van der Waals surface area contributed by atoms with Gasteiger partial charge in [0.15, 0.2) is 0 Å². The topological polar surface area (TPSA) is 42.4 Å². The number of likely N-dealkylation sites (tertiary alicyclic amines) is 1. The third kappa shape index (κ3) is 3.00. The summed E-state index contributed by atoms with van der Waals surface area (Å²) in [6.07, 6.45) is 1.31. The maximum Gasteiger partial charge on any atom is 0.258 e. The highest BCUT2D eigenvalue weighted by molar-refractivity contribution is 6.33. The zero-order chi connectivity index (χ0) is 15.7. The van der Waals surface area contributed by atoms with Gasteiger partial charge in [0.1, 0.15) is 11.9 Å². The molecule has 1 aliphatic rings. The van der Waals surface area contributed by atoms with Gasteiger partial charge < -0.3 is 9.64 Å². The summed E-state index contributed by atoms with van der Waals surface area (Å²) in [6.45, 7) is 0.710. The predicted octanol–water partition coefficient (Wildman–Crippen LogP) is 3.43. The second kappa shape index (κ2) is 6.10. The van der Waals surface area contributed by atoms with Gasteiger partial charge in [0.05, 0.1) is 28.7 Å². The van der Waals surface area contributed by atoms with Crippen molar-refractivity contribution < 1.29 is 13.9 Å². The van der Waals surface area contributed by atoms with Crippen molar-refractivity contribution in [3.63, 3.8) is 0 Å². The minimum absolute atomic E-state index is 0.104. The van der Waals surface area contributed by atoms with Gasteiger partial charge in [-0.1, -0.05) is 29.3 Å². The zero-order valence-corrected chi connectivity index (χ0v) is 12.8. The van der Waals surface area contributed by atoms with Gasteiger partial charge >= 0.3 is 0 Å². The van der Waals surface area contributed by atoms with Crippen LogP contribution in [-0.2, 0) is 0 Å². The number of carbonyl (C=O) groups excluding carboxylic acids is 1. The molecule has 0 aliphatic carbocycles. The van der Waals surface area contributed by atoms with E-state index in [0.717, 1.165) is 0 Å². The predicted molar refractivity (Wildman–Crippen MR) is 81.0 cm³/mol. The number of ether oxygens (including phenoxy) is 1. The fourth-order valence-corrected chi connectivity index (χ4v) is 2.50. The van der Waals surface area contributed by atoms with Crippen LogP contribution in [0.3, 0.4) is 0 Å². The number of amides is 1. The Balaban J connectivity index is 1.61. The molecule has 1 saturated heterocycles. The summed E-state index contributed by atoms with van der Waals surface area (Å²) in [4.78, 5) is 17.7. The van der Waals surface area contributed by atoms with Crippen LogP contribution in [0.25, 0.3) is 0 Å². The van der Waals surface area contributed by atoms with E-state index < -0.39 is 11.7 Å². The number of hydrogen-bond donors (Lipinski definition) is 0. The van der Waals surface area contributed by atoms with Gasteiger partial charge in [-0.2, -0.15) is 0 Å². The van der Waals surface area contributed by atoms with E-state index in [9.17, 15) is 9.18 Å². The molecule has 0 bridgehead atoms. The van der Waals surface area contributed by atoms with E-state index in [1.54, 1.807) is 12.1 Å². The van der Waals surface area contributed by atoms with Crippen LogP contribution < -0.4 is 4.74 Å². The molecule has 1 aromatic heterocycles. The summed E-state index contributed by atoms with van der Waals surface area (Å²) >= 11 is 11.6. The molecule has 1 fully saturated rings. The molecule has 0 N–H and O–H groups in total. The molecule has 2 heterocycles. The number of carbonyl (C=O) groups is 1. The van der Waals surface area contributed by atoms with Crippen LogP contribution in [0.2, 0.25) is 10.0 Å². The Morgan fingerprint density at radius 1 is 1.27 bits per heavy atom. The summed E-state index contributed by atoms with van der Waals surface area (Å²) in [5, 5.41) is 0.626. The lowest BCUT2D eigenvalue weighted by molar-refractivity contribution is 0.0157. The summed E-state index contributed by atoms with van der Waals surface area (Å²) in [7, 11) is 0. The molecular formula is C15H11Cl2FN2O2. The molecule has 4 nitrogen and oxygen atoms in total. The Hall–Kier alpha value is -1.85. The Morgan fingerprint density at radius 2 is 2.05 bits per heavy atom. The first-order chi connectivity index (χ1) is 10.5. The second-order valence-corrected chi connectivity index (χ2v) is 5.70. The van der Waals surface area contributed by atoms with E-state index in [-0.39, 0.29) is 16.7 Å². The summed E-state index contributed by atoms with van der Waals surface area (Å²) < 4.78 is 19.3. The monoisotopic (exact) mass is 340 g/mol. The molecule has 0 radical (unpaired) electrons. The van der Waals surface area contributed by atoms with Crippen molar-refractivity contribution in [2.75, 3.05) is 13.1 Å². The van der Waals surface area contributed by atoms with Gasteiger partial charge in [-0.25, -0.2) is 9.37 Å². The maximum absolute atomic E-state index is 13.7. The third-order valence-electron chi connectivity index (χ3n) is 3.30. The van der Waals surface area contributed by atoms with Gasteiger partial charge in [-0.05, 0) is 18.2 Å². The Kier molecular flexibility index (Phi) is 4.18. The molecule has 1 amide bonds. The number of benzene rings is 1. The molecule has 3 rings (SSSR count). The smallest absolute Gasteiger partial charge is 0.258 e. The van der Waals surface area contributed by atoms with Crippen LogP contribution in [0.4, 0.5) is 4.39 Å². The molecule has 2 aromatic rings. The highest BCUT2D eigenvalue weighted by Gasteiger charge is 2.34. The first kappa shape index (κ1) is 15.1.